The molecule has 0 heterocycles. The number of thioether (sulfide) groups is 1. The molecule has 0 aliphatic heterocycles. The van der Waals surface area contributed by atoms with Crippen LogP contribution in [-0.2, 0) is 0 Å². The van der Waals surface area contributed by atoms with Crippen LogP contribution in [0.2, 0.25) is 0 Å². The number of hydrogen-bond acceptors (Lipinski definition) is 3. The fourth-order valence-electron chi connectivity index (χ4n) is 1.73. The average Bonchev–Trinajstić information content (AvgIpc) is 2.29. The van der Waals surface area contributed by atoms with E-state index in [4.69, 9.17) is 5.73 Å². The van der Waals surface area contributed by atoms with Crippen molar-refractivity contribution in [2.24, 2.45) is 5.73 Å². The lowest BCUT2D eigenvalue weighted by Gasteiger charge is -2.13. The van der Waals surface area contributed by atoms with E-state index in [2.05, 4.69) is 43.4 Å². The molecule has 0 aliphatic carbocycles. The third-order valence-electron chi connectivity index (χ3n) is 2.62. The van der Waals surface area contributed by atoms with E-state index in [1.807, 2.05) is 18.8 Å². The molecule has 0 aliphatic rings. The molecule has 0 saturated heterocycles. The first-order valence-electron chi connectivity index (χ1n) is 6.30. The number of hydrogen-bond donors (Lipinski definition) is 2. The van der Waals surface area contributed by atoms with Crippen LogP contribution >= 0.6 is 11.8 Å². The van der Waals surface area contributed by atoms with Gasteiger partial charge in [-0.05, 0) is 44.1 Å². The summed E-state index contributed by atoms with van der Waals surface area (Å²) < 4.78 is 0. The van der Waals surface area contributed by atoms with Crippen molar-refractivity contribution in [3.05, 3.63) is 29.8 Å². The molecule has 0 aromatic heterocycles. The molecule has 1 aromatic rings. The maximum atomic E-state index is 6.15. The Morgan fingerprint density at radius 1 is 1.24 bits per heavy atom. The molecule has 1 atom stereocenters. The summed E-state index contributed by atoms with van der Waals surface area (Å²) in [6.07, 6.45) is 2.16. The van der Waals surface area contributed by atoms with E-state index in [1.54, 1.807) is 0 Å². The van der Waals surface area contributed by atoms with Gasteiger partial charge in [0.1, 0.15) is 0 Å². The van der Waals surface area contributed by atoms with Crippen LogP contribution in [0.4, 0.5) is 0 Å². The van der Waals surface area contributed by atoms with Gasteiger partial charge in [0.15, 0.2) is 0 Å². The molecule has 0 fully saturated rings. The monoisotopic (exact) mass is 252 g/mol. The molecule has 2 nitrogen and oxygen atoms in total. The molecular weight excluding hydrogens is 228 g/mol. The van der Waals surface area contributed by atoms with E-state index in [0.717, 1.165) is 19.4 Å². The summed E-state index contributed by atoms with van der Waals surface area (Å²) >= 11 is 1.89. The maximum absolute atomic E-state index is 6.15. The van der Waals surface area contributed by atoms with Gasteiger partial charge in [0.2, 0.25) is 0 Å². The zero-order valence-corrected chi connectivity index (χ0v) is 11.9. The van der Waals surface area contributed by atoms with Crippen molar-refractivity contribution < 1.29 is 0 Å². The summed E-state index contributed by atoms with van der Waals surface area (Å²) in [5.41, 5.74) is 7.40. The predicted octanol–water partition coefficient (Wildman–Crippen LogP) is 3.19. The SMILES string of the molecule is CNCCCC(N)c1ccc(SC(C)C)cc1. The fourth-order valence-corrected chi connectivity index (χ4v) is 2.57. The van der Waals surface area contributed by atoms with E-state index in [-0.39, 0.29) is 6.04 Å². The lowest BCUT2D eigenvalue weighted by molar-refractivity contribution is 0.590. The maximum Gasteiger partial charge on any atom is 0.0295 e. The number of nitrogens with two attached hydrogens (primary N) is 1. The van der Waals surface area contributed by atoms with Crippen LogP contribution in [0, 0.1) is 0 Å². The lowest BCUT2D eigenvalue weighted by Crippen LogP contribution is -2.14. The summed E-state index contributed by atoms with van der Waals surface area (Å²) in [5, 5.41) is 3.78. The highest BCUT2D eigenvalue weighted by Crippen LogP contribution is 2.25. The van der Waals surface area contributed by atoms with Crippen molar-refractivity contribution in [1.29, 1.82) is 0 Å². The minimum absolute atomic E-state index is 0.168. The number of benzene rings is 1. The van der Waals surface area contributed by atoms with Gasteiger partial charge in [0, 0.05) is 16.2 Å². The highest BCUT2D eigenvalue weighted by molar-refractivity contribution is 7.99. The predicted molar refractivity (Wildman–Crippen MR) is 77.5 cm³/mol. The second-order valence-corrected chi connectivity index (χ2v) is 6.24. The van der Waals surface area contributed by atoms with Gasteiger partial charge in [0.25, 0.3) is 0 Å². The molecule has 17 heavy (non-hydrogen) atoms. The number of nitrogens with one attached hydrogen (secondary N) is 1. The highest BCUT2D eigenvalue weighted by Gasteiger charge is 2.06. The Labute approximate surface area is 109 Å². The van der Waals surface area contributed by atoms with Crippen LogP contribution in [-0.4, -0.2) is 18.8 Å². The van der Waals surface area contributed by atoms with Gasteiger partial charge in [-0.1, -0.05) is 26.0 Å². The van der Waals surface area contributed by atoms with Crippen LogP contribution in [0.15, 0.2) is 29.2 Å². The van der Waals surface area contributed by atoms with Gasteiger partial charge in [-0.15, -0.1) is 11.8 Å². The third kappa shape index (κ3) is 5.57. The van der Waals surface area contributed by atoms with Crippen LogP contribution in [0.1, 0.15) is 38.3 Å². The fraction of sp³-hybridized carbons (Fsp3) is 0.571. The topological polar surface area (TPSA) is 38.0 Å². The van der Waals surface area contributed by atoms with Crippen LogP contribution in [0.3, 0.4) is 0 Å². The normalized spacial score (nSPS) is 13.0. The molecule has 0 saturated carbocycles. The molecule has 0 radical (unpaired) electrons. The van der Waals surface area contributed by atoms with E-state index in [9.17, 15) is 0 Å². The Kier molecular flexibility index (Phi) is 6.63. The van der Waals surface area contributed by atoms with Crippen molar-refractivity contribution in [2.45, 2.75) is 42.9 Å². The van der Waals surface area contributed by atoms with Crippen molar-refractivity contribution >= 4 is 11.8 Å². The van der Waals surface area contributed by atoms with Crippen molar-refractivity contribution in [2.75, 3.05) is 13.6 Å². The minimum Gasteiger partial charge on any atom is -0.324 e. The first kappa shape index (κ1) is 14.6. The molecular formula is C14H24N2S. The van der Waals surface area contributed by atoms with Gasteiger partial charge >= 0.3 is 0 Å². The van der Waals surface area contributed by atoms with Crippen LogP contribution in [0.25, 0.3) is 0 Å². The Hall–Kier alpha value is -0.510. The van der Waals surface area contributed by atoms with Gasteiger partial charge in [-0.3, -0.25) is 0 Å². The van der Waals surface area contributed by atoms with Gasteiger partial charge in [0.05, 0.1) is 0 Å². The highest BCUT2D eigenvalue weighted by atomic mass is 32.2. The molecule has 0 bridgehead atoms. The van der Waals surface area contributed by atoms with E-state index in [1.165, 1.54) is 10.5 Å². The standard InChI is InChI=1S/C14H24N2S/c1-11(2)17-13-8-6-12(7-9-13)14(15)5-4-10-16-3/h6-9,11,14,16H,4-5,10,15H2,1-3H3. The van der Waals surface area contributed by atoms with Crippen molar-refractivity contribution in [1.82, 2.24) is 5.32 Å². The van der Waals surface area contributed by atoms with E-state index in [0.29, 0.717) is 5.25 Å². The van der Waals surface area contributed by atoms with Crippen LogP contribution < -0.4 is 11.1 Å². The Balaban J connectivity index is 2.48. The molecule has 1 unspecified atom stereocenters. The van der Waals surface area contributed by atoms with Crippen molar-refractivity contribution in [3.8, 4) is 0 Å². The van der Waals surface area contributed by atoms with E-state index < -0.39 is 0 Å². The lowest BCUT2D eigenvalue weighted by atomic mass is 10.0. The van der Waals surface area contributed by atoms with E-state index >= 15 is 0 Å². The van der Waals surface area contributed by atoms with Gasteiger partial charge < -0.3 is 11.1 Å². The summed E-state index contributed by atoms with van der Waals surface area (Å²) in [7, 11) is 1.98. The average molecular weight is 252 g/mol. The summed E-state index contributed by atoms with van der Waals surface area (Å²) in [4.78, 5) is 1.33. The summed E-state index contributed by atoms with van der Waals surface area (Å²) in [6.45, 7) is 5.46. The van der Waals surface area contributed by atoms with Gasteiger partial charge in [-0.25, -0.2) is 0 Å². The van der Waals surface area contributed by atoms with Crippen LogP contribution in [0.5, 0.6) is 0 Å². The number of rotatable bonds is 7. The zero-order chi connectivity index (χ0) is 12.7. The Bertz CT molecular complexity index is 309. The molecule has 3 N–H and O–H groups in total. The second-order valence-electron chi connectivity index (χ2n) is 4.59. The molecule has 0 spiro atoms. The third-order valence-corrected chi connectivity index (χ3v) is 3.64. The van der Waals surface area contributed by atoms with Crippen molar-refractivity contribution in [3.63, 3.8) is 0 Å². The summed E-state index contributed by atoms with van der Waals surface area (Å²) in [6, 6.07) is 8.85. The van der Waals surface area contributed by atoms with Gasteiger partial charge in [-0.2, -0.15) is 0 Å². The molecule has 3 heteroatoms. The Morgan fingerprint density at radius 2 is 1.88 bits per heavy atom. The molecule has 1 aromatic carbocycles. The molecule has 96 valence electrons. The smallest absolute Gasteiger partial charge is 0.0295 e. The first-order valence-corrected chi connectivity index (χ1v) is 7.18. The largest absolute Gasteiger partial charge is 0.324 e. The minimum atomic E-state index is 0.168. The second kappa shape index (κ2) is 7.75. The Morgan fingerprint density at radius 3 is 2.41 bits per heavy atom. The molecule has 0 amide bonds. The first-order chi connectivity index (χ1) is 8.13. The zero-order valence-electron chi connectivity index (χ0n) is 11.1. The quantitative estimate of drug-likeness (QED) is 0.578. The molecule has 1 rings (SSSR count). The summed E-state index contributed by atoms with van der Waals surface area (Å²) in [5.74, 6) is 0.